The first-order valence-electron chi connectivity index (χ1n) is 11.3. The summed E-state index contributed by atoms with van der Waals surface area (Å²) < 4.78 is 0. The normalized spacial score (nSPS) is 26.8. The largest absolute Gasteiger partial charge is 0.338 e. The summed E-state index contributed by atoms with van der Waals surface area (Å²) in [7, 11) is 0. The Labute approximate surface area is 168 Å². The molecule has 3 heterocycles. The van der Waals surface area contributed by atoms with Crippen LogP contribution in [0, 0.1) is 18.3 Å². The number of pyridine rings is 1. The van der Waals surface area contributed by atoms with E-state index in [0.717, 1.165) is 37.7 Å². The van der Waals surface area contributed by atoms with Gasteiger partial charge >= 0.3 is 0 Å². The van der Waals surface area contributed by atoms with E-state index in [4.69, 9.17) is 0 Å². The molecule has 1 atom stereocenters. The first-order valence-corrected chi connectivity index (χ1v) is 11.3. The summed E-state index contributed by atoms with van der Waals surface area (Å²) in [6.45, 7) is 6.97. The highest BCUT2D eigenvalue weighted by Crippen LogP contribution is 2.39. The van der Waals surface area contributed by atoms with Gasteiger partial charge in [0.15, 0.2) is 0 Å². The number of likely N-dealkylation sites (tertiary alicyclic amines) is 2. The lowest BCUT2D eigenvalue weighted by atomic mass is 9.79. The number of nitrogens with one attached hydrogen (secondary N) is 1. The number of hydrogen-bond acceptors (Lipinski definition) is 3. The van der Waals surface area contributed by atoms with Gasteiger partial charge < -0.3 is 14.8 Å². The monoisotopic (exact) mass is 385 g/mol. The molecule has 4 rings (SSSR count). The van der Waals surface area contributed by atoms with Crippen LogP contribution in [0.5, 0.6) is 0 Å². The van der Waals surface area contributed by atoms with Crippen molar-refractivity contribution in [3.8, 4) is 0 Å². The SMILES string of the molecule is Cc1ccc(C(=O)N2CC[C@@]3(CCCN(CCC4CCCCC4)C3)C2)c(=O)[nH]1. The fraction of sp³-hybridized carbons (Fsp3) is 0.739. The van der Waals surface area contributed by atoms with Crippen LogP contribution in [0.3, 0.4) is 0 Å². The lowest BCUT2D eigenvalue weighted by molar-refractivity contribution is 0.0673. The number of nitrogens with zero attached hydrogens (tertiary/aromatic N) is 2. The van der Waals surface area contributed by atoms with Crippen molar-refractivity contribution in [2.45, 2.75) is 64.7 Å². The third-order valence-electron chi connectivity index (χ3n) is 7.33. The Kier molecular flexibility index (Phi) is 5.91. The van der Waals surface area contributed by atoms with Gasteiger partial charge in [-0.3, -0.25) is 9.59 Å². The third-order valence-corrected chi connectivity index (χ3v) is 7.33. The van der Waals surface area contributed by atoms with E-state index in [1.165, 1.54) is 64.5 Å². The highest BCUT2D eigenvalue weighted by molar-refractivity contribution is 5.94. The van der Waals surface area contributed by atoms with E-state index in [2.05, 4.69) is 9.88 Å². The van der Waals surface area contributed by atoms with Crippen LogP contribution in [0.15, 0.2) is 16.9 Å². The van der Waals surface area contributed by atoms with Crippen molar-refractivity contribution in [2.24, 2.45) is 11.3 Å². The molecule has 28 heavy (non-hydrogen) atoms. The van der Waals surface area contributed by atoms with Gasteiger partial charge in [-0.2, -0.15) is 0 Å². The second kappa shape index (κ2) is 8.40. The van der Waals surface area contributed by atoms with Crippen molar-refractivity contribution in [1.82, 2.24) is 14.8 Å². The van der Waals surface area contributed by atoms with E-state index < -0.39 is 0 Å². The quantitative estimate of drug-likeness (QED) is 0.862. The van der Waals surface area contributed by atoms with Crippen LogP contribution < -0.4 is 5.56 Å². The highest BCUT2D eigenvalue weighted by atomic mass is 16.2. The molecule has 3 fully saturated rings. The molecule has 5 heteroatoms. The molecule has 1 aromatic rings. The molecule has 5 nitrogen and oxygen atoms in total. The van der Waals surface area contributed by atoms with Crippen LogP contribution in [0.4, 0.5) is 0 Å². The van der Waals surface area contributed by atoms with Crippen LogP contribution in [0.25, 0.3) is 0 Å². The number of H-pyrrole nitrogens is 1. The zero-order chi connectivity index (χ0) is 19.6. The summed E-state index contributed by atoms with van der Waals surface area (Å²) in [6, 6.07) is 3.49. The highest BCUT2D eigenvalue weighted by Gasteiger charge is 2.43. The maximum atomic E-state index is 12.9. The Morgan fingerprint density at radius 2 is 1.93 bits per heavy atom. The van der Waals surface area contributed by atoms with Crippen molar-refractivity contribution in [3.63, 3.8) is 0 Å². The molecule has 0 radical (unpaired) electrons. The zero-order valence-corrected chi connectivity index (χ0v) is 17.3. The molecule has 2 aliphatic heterocycles. The zero-order valence-electron chi connectivity index (χ0n) is 17.3. The van der Waals surface area contributed by atoms with Gasteiger partial charge in [-0.05, 0) is 63.7 Å². The van der Waals surface area contributed by atoms with Gasteiger partial charge in [0.2, 0.25) is 0 Å². The fourth-order valence-corrected chi connectivity index (χ4v) is 5.69. The predicted octanol–water partition coefficient (Wildman–Crippen LogP) is 3.58. The first kappa shape index (κ1) is 19.7. The number of rotatable bonds is 4. The van der Waals surface area contributed by atoms with Gasteiger partial charge in [0.25, 0.3) is 11.5 Å². The fourth-order valence-electron chi connectivity index (χ4n) is 5.69. The number of aromatic nitrogens is 1. The van der Waals surface area contributed by atoms with Crippen molar-refractivity contribution < 1.29 is 4.79 Å². The number of carbonyl (C=O) groups excluding carboxylic acids is 1. The van der Waals surface area contributed by atoms with E-state index in [0.29, 0.717) is 0 Å². The lowest BCUT2D eigenvalue weighted by Gasteiger charge is -2.41. The molecule has 1 aliphatic carbocycles. The number of aromatic amines is 1. The summed E-state index contributed by atoms with van der Waals surface area (Å²) in [6.07, 6.45) is 12.0. The number of aryl methyl sites for hydroxylation is 1. The van der Waals surface area contributed by atoms with E-state index in [-0.39, 0.29) is 22.4 Å². The standard InChI is InChI=1S/C23H35N3O2/c1-18-8-9-20(21(27)24-18)22(28)26-15-12-23(17-26)11-5-13-25(16-23)14-10-19-6-3-2-4-7-19/h8-9,19H,2-7,10-17H2,1H3,(H,24,27)/t23-/m1/s1. The predicted molar refractivity (Wildman–Crippen MR) is 112 cm³/mol. The Bertz CT molecular complexity index is 752. The van der Waals surface area contributed by atoms with Crippen molar-refractivity contribution in [3.05, 3.63) is 33.7 Å². The van der Waals surface area contributed by atoms with Gasteiger partial charge in [0, 0.05) is 30.7 Å². The Morgan fingerprint density at radius 3 is 2.71 bits per heavy atom. The van der Waals surface area contributed by atoms with Crippen molar-refractivity contribution in [2.75, 3.05) is 32.7 Å². The molecular weight excluding hydrogens is 350 g/mol. The summed E-state index contributed by atoms with van der Waals surface area (Å²) in [5.74, 6) is 0.832. The molecule has 1 amide bonds. The van der Waals surface area contributed by atoms with E-state index in [1.807, 2.05) is 17.9 Å². The molecule has 0 unspecified atom stereocenters. The molecule has 3 aliphatic rings. The molecule has 1 saturated carbocycles. The van der Waals surface area contributed by atoms with Crippen LogP contribution in [-0.2, 0) is 0 Å². The van der Waals surface area contributed by atoms with Crippen LogP contribution in [-0.4, -0.2) is 53.4 Å². The Balaban J connectivity index is 1.35. The average molecular weight is 386 g/mol. The van der Waals surface area contributed by atoms with Crippen molar-refractivity contribution >= 4 is 5.91 Å². The second-order valence-electron chi connectivity index (χ2n) is 9.53. The number of carbonyl (C=O) groups is 1. The summed E-state index contributed by atoms with van der Waals surface area (Å²) in [4.78, 5) is 32.4. The maximum Gasteiger partial charge on any atom is 0.260 e. The summed E-state index contributed by atoms with van der Waals surface area (Å²) >= 11 is 0. The molecule has 2 saturated heterocycles. The minimum atomic E-state index is -0.260. The molecule has 1 aromatic heterocycles. The van der Waals surface area contributed by atoms with Crippen LogP contribution in [0.2, 0.25) is 0 Å². The molecule has 1 N–H and O–H groups in total. The molecule has 0 aromatic carbocycles. The van der Waals surface area contributed by atoms with Gasteiger partial charge in [0.05, 0.1) is 0 Å². The van der Waals surface area contributed by atoms with Gasteiger partial charge in [0.1, 0.15) is 5.56 Å². The van der Waals surface area contributed by atoms with E-state index >= 15 is 0 Å². The maximum absolute atomic E-state index is 12.9. The van der Waals surface area contributed by atoms with Gasteiger partial charge in [-0.15, -0.1) is 0 Å². The topological polar surface area (TPSA) is 56.4 Å². The summed E-state index contributed by atoms with van der Waals surface area (Å²) in [5.41, 5.74) is 1.05. The second-order valence-corrected chi connectivity index (χ2v) is 9.53. The average Bonchev–Trinajstić information content (AvgIpc) is 3.10. The Hall–Kier alpha value is -1.62. The molecular formula is C23H35N3O2. The number of piperidine rings is 1. The summed E-state index contributed by atoms with van der Waals surface area (Å²) in [5, 5.41) is 0. The Morgan fingerprint density at radius 1 is 1.11 bits per heavy atom. The van der Waals surface area contributed by atoms with Gasteiger partial charge in [-0.1, -0.05) is 32.1 Å². The first-order chi connectivity index (χ1) is 13.5. The number of hydrogen-bond donors (Lipinski definition) is 1. The number of amides is 1. The molecule has 0 bridgehead atoms. The minimum absolute atomic E-state index is 0.0996. The van der Waals surface area contributed by atoms with Crippen LogP contribution in [0.1, 0.15) is 73.8 Å². The smallest absolute Gasteiger partial charge is 0.260 e. The van der Waals surface area contributed by atoms with E-state index in [9.17, 15) is 9.59 Å². The van der Waals surface area contributed by atoms with Crippen LogP contribution >= 0.6 is 0 Å². The van der Waals surface area contributed by atoms with Crippen molar-refractivity contribution in [1.29, 1.82) is 0 Å². The molecule has 154 valence electrons. The van der Waals surface area contributed by atoms with Gasteiger partial charge in [-0.25, -0.2) is 0 Å². The third kappa shape index (κ3) is 4.35. The lowest BCUT2D eigenvalue weighted by Crippen LogP contribution is -2.46. The van der Waals surface area contributed by atoms with E-state index in [1.54, 1.807) is 6.07 Å². The minimum Gasteiger partial charge on any atom is -0.338 e. The molecule has 1 spiro atoms.